The molecule has 70 valence electrons. The lowest BCUT2D eigenvalue weighted by molar-refractivity contribution is 0.222. The van der Waals surface area contributed by atoms with Crippen molar-refractivity contribution in [3.05, 3.63) is 0 Å². The maximum atomic E-state index is 10.3. The van der Waals surface area contributed by atoms with Gasteiger partial charge < -0.3 is 4.74 Å². The fourth-order valence-corrected chi connectivity index (χ4v) is 0.755. The van der Waals surface area contributed by atoms with Crippen LogP contribution in [-0.2, 0) is 4.74 Å². The summed E-state index contributed by atoms with van der Waals surface area (Å²) in [5.41, 5.74) is 0.162. The molecule has 0 amide bonds. The predicted octanol–water partition coefficient (Wildman–Crippen LogP) is 2.86. The third-order valence-electron chi connectivity index (χ3n) is 1.31. The Morgan fingerprint density at radius 1 is 1.50 bits per heavy atom. The summed E-state index contributed by atoms with van der Waals surface area (Å²) in [4.78, 5) is 10.3. The molecule has 0 aliphatic carbocycles. The fraction of sp³-hybridized carbons (Fsp3) is 0.750. The van der Waals surface area contributed by atoms with Crippen LogP contribution in [0.1, 0.15) is 33.6 Å². The van der Waals surface area contributed by atoms with Gasteiger partial charge in [0, 0.05) is 6.42 Å². The fourth-order valence-electron chi connectivity index (χ4n) is 0.645. The summed E-state index contributed by atoms with van der Waals surface area (Å²) in [7, 11) is 0. The first-order valence-corrected chi connectivity index (χ1v) is 4.24. The summed E-state index contributed by atoms with van der Waals surface area (Å²) in [6.45, 7) is 6.22. The zero-order valence-corrected chi connectivity index (χ0v) is 8.57. The topological polar surface area (TPSA) is 50.1 Å². The molecule has 4 heteroatoms. The van der Waals surface area contributed by atoms with Crippen molar-refractivity contribution >= 4 is 23.8 Å². The highest BCUT2D eigenvalue weighted by Gasteiger charge is 2.12. The first-order valence-electron chi connectivity index (χ1n) is 3.79. The summed E-state index contributed by atoms with van der Waals surface area (Å²) in [6.07, 6.45) is 1.31. The maximum Gasteiger partial charge on any atom is 0.370 e. The zero-order chi connectivity index (χ0) is 9.78. The summed E-state index contributed by atoms with van der Waals surface area (Å²) in [5, 5.41) is 6.49. The molecular weight excluding hydrogens is 174 g/mol. The quantitative estimate of drug-likeness (QED) is 0.304. The summed E-state index contributed by atoms with van der Waals surface area (Å²) >= 11 is 3.40. The van der Waals surface area contributed by atoms with E-state index >= 15 is 0 Å². The number of ether oxygens (including phenoxy) is 1. The molecule has 12 heavy (non-hydrogen) atoms. The van der Waals surface area contributed by atoms with Gasteiger partial charge in [-0.3, -0.25) is 5.41 Å². The number of nitrogens with one attached hydrogen (secondary N) is 1. The molecule has 0 aromatic carbocycles. The Bertz CT molecular complexity index is 184. The summed E-state index contributed by atoms with van der Waals surface area (Å²) < 4.78 is 4.45. The van der Waals surface area contributed by atoms with Crippen molar-refractivity contribution in [2.45, 2.75) is 33.6 Å². The van der Waals surface area contributed by atoms with Crippen LogP contribution in [0.25, 0.3) is 0 Å². The molecule has 0 rings (SSSR count). The van der Waals surface area contributed by atoms with Crippen molar-refractivity contribution in [1.82, 2.24) is 0 Å². The van der Waals surface area contributed by atoms with Crippen LogP contribution in [0.2, 0.25) is 0 Å². The van der Waals surface area contributed by atoms with Gasteiger partial charge in [-0.2, -0.15) is 0 Å². The van der Waals surface area contributed by atoms with Gasteiger partial charge in [0.05, 0.1) is 0 Å². The average molecular weight is 189 g/mol. The first-order chi connectivity index (χ1) is 5.31. The number of hydrogen-bond acceptors (Lipinski definition) is 3. The standard InChI is InChI=1S/C8H15NO2S/c1-8(2,3)5-4-6(9)11-7(10)12/h9H,4-5H2,1-3H3,(H,10,12). The lowest BCUT2D eigenvalue weighted by atomic mass is 9.91. The van der Waals surface area contributed by atoms with Crippen LogP contribution < -0.4 is 0 Å². The number of carbonyl (C=O) groups excluding carboxylic acids is 1. The second-order valence-electron chi connectivity index (χ2n) is 3.85. The van der Waals surface area contributed by atoms with Gasteiger partial charge >= 0.3 is 5.30 Å². The van der Waals surface area contributed by atoms with Gasteiger partial charge in [0.1, 0.15) is 0 Å². The van der Waals surface area contributed by atoms with Crippen LogP contribution in [0.4, 0.5) is 4.79 Å². The van der Waals surface area contributed by atoms with E-state index in [2.05, 4.69) is 38.1 Å². The van der Waals surface area contributed by atoms with E-state index in [9.17, 15) is 4.79 Å². The maximum absolute atomic E-state index is 10.3. The van der Waals surface area contributed by atoms with Gasteiger partial charge in [-0.1, -0.05) is 33.4 Å². The smallest absolute Gasteiger partial charge is 0.370 e. The SMILES string of the molecule is CC(C)(C)CCC(=N)OC(=O)S. The molecule has 0 aliphatic rings. The Labute approximate surface area is 78.4 Å². The van der Waals surface area contributed by atoms with E-state index in [0.717, 1.165) is 6.42 Å². The molecule has 0 aromatic heterocycles. The van der Waals surface area contributed by atoms with Gasteiger partial charge in [-0.15, -0.1) is 0 Å². The Kier molecular flexibility index (Phi) is 4.31. The minimum atomic E-state index is -0.714. The molecule has 0 radical (unpaired) electrons. The molecule has 0 saturated heterocycles. The van der Waals surface area contributed by atoms with Crippen LogP contribution in [-0.4, -0.2) is 11.2 Å². The van der Waals surface area contributed by atoms with Gasteiger partial charge in [-0.25, -0.2) is 4.79 Å². The van der Waals surface area contributed by atoms with Crippen LogP contribution >= 0.6 is 12.6 Å². The number of hydrogen-bond donors (Lipinski definition) is 2. The van der Waals surface area contributed by atoms with Gasteiger partial charge in [0.15, 0.2) is 5.90 Å². The second kappa shape index (κ2) is 4.50. The minimum Gasteiger partial charge on any atom is -0.404 e. The van der Waals surface area contributed by atoms with Crippen LogP contribution in [0.15, 0.2) is 0 Å². The second-order valence-corrected chi connectivity index (χ2v) is 4.22. The molecule has 0 fully saturated rings. The molecule has 0 atom stereocenters. The highest BCUT2D eigenvalue weighted by Crippen LogP contribution is 2.20. The molecule has 1 N–H and O–H groups in total. The van der Waals surface area contributed by atoms with Gasteiger partial charge in [0.2, 0.25) is 0 Å². The summed E-state index contributed by atoms with van der Waals surface area (Å²) in [6, 6.07) is 0. The predicted molar refractivity (Wildman–Crippen MR) is 51.9 cm³/mol. The Hall–Kier alpha value is -0.510. The van der Waals surface area contributed by atoms with Crippen LogP contribution in [0, 0.1) is 10.8 Å². The van der Waals surface area contributed by atoms with Crippen LogP contribution in [0.3, 0.4) is 0 Å². The van der Waals surface area contributed by atoms with Gasteiger partial charge in [0.25, 0.3) is 0 Å². The van der Waals surface area contributed by atoms with Crippen molar-refractivity contribution in [2.24, 2.45) is 5.41 Å². The number of carbonyl (C=O) groups is 1. The summed E-state index contributed by atoms with van der Waals surface area (Å²) in [5.74, 6) is -0.00933. The average Bonchev–Trinajstić information content (AvgIpc) is 1.80. The van der Waals surface area contributed by atoms with Gasteiger partial charge in [-0.05, 0) is 11.8 Å². The number of thiol groups is 1. The van der Waals surface area contributed by atoms with Crippen molar-refractivity contribution in [3.8, 4) is 0 Å². The third kappa shape index (κ3) is 7.60. The molecule has 0 aromatic rings. The first kappa shape index (κ1) is 11.5. The van der Waals surface area contributed by atoms with Crippen molar-refractivity contribution in [3.63, 3.8) is 0 Å². The van der Waals surface area contributed by atoms with E-state index < -0.39 is 5.30 Å². The number of rotatable bonds is 2. The monoisotopic (exact) mass is 189 g/mol. The third-order valence-corrected chi connectivity index (χ3v) is 1.40. The lowest BCUT2D eigenvalue weighted by Gasteiger charge is -2.17. The van der Waals surface area contributed by atoms with Crippen molar-refractivity contribution in [1.29, 1.82) is 5.41 Å². The molecular formula is C8H15NO2S. The Balaban J connectivity index is 3.65. The lowest BCUT2D eigenvalue weighted by Crippen LogP contribution is -2.11. The van der Waals surface area contributed by atoms with Crippen molar-refractivity contribution < 1.29 is 9.53 Å². The molecule has 0 heterocycles. The van der Waals surface area contributed by atoms with Crippen LogP contribution in [0.5, 0.6) is 0 Å². The molecule has 3 nitrogen and oxygen atoms in total. The molecule has 0 unspecified atom stereocenters. The van der Waals surface area contributed by atoms with E-state index in [4.69, 9.17) is 5.41 Å². The normalized spacial score (nSPS) is 11.0. The van der Waals surface area contributed by atoms with E-state index in [1.54, 1.807) is 0 Å². The zero-order valence-electron chi connectivity index (χ0n) is 7.68. The highest BCUT2D eigenvalue weighted by molar-refractivity contribution is 7.96. The minimum absolute atomic E-state index is 0.00933. The molecule has 0 saturated carbocycles. The largest absolute Gasteiger partial charge is 0.404 e. The van der Waals surface area contributed by atoms with Crippen molar-refractivity contribution in [2.75, 3.05) is 0 Å². The van der Waals surface area contributed by atoms with E-state index in [0.29, 0.717) is 6.42 Å². The van der Waals surface area contributed by atoms with E-state index in [1.165, 1.54) is 0 Å². The Morgan fingerprint density at radius 2 is 2.00 bits per heavy atom. The molecule has 0 bridgehead atoms. The highest BCUT2D eigenvalue weighted by atomic mass is 32.1. The van der Waals surface area contributed by atoms with E-state index in [-0.39, 0.29) is 11.3 Å². The Morgan fingerprint density at radius 3 is 2.33 bits per heavy atom. The molecule has 0 aliphatic heterocycles. The van der Waals surface area contributed by atoms with E-state index in [1.807, 2.05) is 0 Å². The molecule has 0 spiro atoms.